The van der Waals surface area contributed by atoms with Gasteiger partial charge in [-0.2, -0.15) is 0 Å². The van der Waals surface area contributed by atoms with Crippen molar-refractivity contribution >= 4 is 11.9 Å². The van der Waals surface area contributed by atoms with E-state index in [1.165, 1.54) is 12.7 Å². The van der Waals surface area contributed by atoms with Crippen molar-refractivity contribution in [2.75, 3.05) is 13.7 Å². The van der Waals surface area contributed by atoms with Crippen LogP contribution in [-0.4, -0.2) is 31.6 Å². The van der Waals surface area contributed by atoms with Crippen LogP contribution in [0.3, 0.4) is 0 Å². The summed E-state index contributed by atoms with van der Waals surface area (Å²) in [5, 5.41) is 2.64. The lowest BCUT2D eigenvalue weighted by Gasteiger charge is -2.20. The van der Waals surface area contributed by atoms with Gasteiger partial charge in [-0.3, -0.25) is 9.59 Å². The molecule has 0 aliphatic rings. The Morgan fingerprint density at radius 2 is 1.77 bits per heavy atom. The fraction of sp³-hybridized carbons (Fsp3) is 0.529. The van der Waals surface area contributed by atoms with Gasteiger partial charge < -0.3 is 14.8 Å². The van der Waals surface area contributed by atoms with Gasteiger partial charge >= 0.3 is 5.97 Å². The lowest BCUT2D eigenvalue weighted by atomic mass is 9.87. The number of benzene rings is 1. The topological polar surface area (TPSA) is 64.6 Å². The molecular formula is C17H25NO4. The number of hydrogen-bond acceptors (Lipinski definition) is 4. The number of rotatable bonds is 6. The smallest absolute Gasteiger partial charge is 0.307 e. The van der Waals surface area contributed by atoms with Gasteiger partial charge in [-0.05, 0) is 30.0 Å². The van der Waals surface area contributed by atoms with Gasteiger partial charge in [0.25, 0.3) is 5.91 Å². The van der Waals surface area contributed by atoms with E-state index in [4.69, 9.17) is 4.74 Å². The first-order chi connectivity index (χ1) is 10.2. The minimum atomic E-state index is -0.627. The van der Waals surface area contributed by atoms with E-state index >= 15 is 0 Å². The summed E-state index contributed by atoms with van der Waals surface area (Å²) in [6, 6.07) is 7.71. The van der Waals surface area contributed by atoms with Crippen molar-refractivity contribution < 1.29 is 19.1 Å². The second-order valence-electron chi connectivity index (χ2n) is 6.15. The Kier molecular flexibility index (Phi) is 6.40. The Balaban J connectivity index is 2.48. The zero-order chi connectivity index (χ0) is 16.8. The summed E-state index contributed by atoms with van der Waals surface area (Å²) < 4.78 is 10.1. The van der Waals surface area contributed by atoms with Crippen molar-refractivity contribution in [3.05, 3.63) is 29.8 Å². The fourth-order valence-electron chi connectivity index (χ4n) is 1.82. The molecule has 1 aromatic carbocycles. The summed E-state index contributed by atoms with van der Waals surface area (Å²) >= 11 is 0. The Hall–Kier alpha value is -2.04. The molecule has 0 aromatic heterocycles. The Morgan fingerprint density at radius 1 is 1.18 bits per heavy atom. The van der Waals surface area contributed by atoms with E-state index in [9.17, 15) is 9.59 Å². The van der Waals surface area contributed by atoms with Gasteiger partial charge in [-0.15, -0.1) is 0 Å². The third kappa shape index (κ3) is 5.76. The van der Waals surface area contributed by atoms with Crippen LogP contribution in [0.4, 0.5) is 0 Å². The molecule has 0 heterocycles. The van der Waals surface area contributed by atoms with Crippen LogP contribution in [0.1, 0.15) is 39.7 Å². The third-order valence-electron chi connectivity index (χ3n) is 3.26. The van der Waals surface area contributed by atoms with Crippen molar-refractivity contribution in [3.8, 4) is 5.75 Å². The Bertz CT molecular complexity index is 502. The zero-order valence-electron chi connectivity index (χ0n) is 13.9. The summed E-state index contributed by atoms with van der Waals surface area (Å²) in [7, 11) is 1.32. The highest BCUT2D eigenvalue weighted by atomic mass is 16.5. The minimum absolute atomic E-state index is 0.0788. The van der Waals surface area contributed by atoms with Crippen molar-refractivity contribution in [1.29, 1.82) is 0 Å². The summed E-state index contributed by atoms with van der Waals surface area (Å²) in [6.45, 7) is 8.33. The Morgan fingerprint density at radius 3 is 2.27 bits per heavy atom. The molecule has 1 aromatic rings. The van der Waals surface area contributed by atoms with Crippen LogP contribution in [0.5, 0.6) is 5.75 Å². The minimum Gasteiger partial charge on any atom is -0.481 e. The zero-order valence-corrected chi connectivity index (χ0v) is 13.9. The van der Waals surface area contributed by atoms with Crippen LogP contribution in [0.25, 0.3) is 0 Å². The number of nitrogens with one attached hydrogen (secondary N) is 1. The van der Waals surface area contributed by atoms with E-state index in [1.54, 1.807) is 6.92 Å². The van der Waals surface area contributed by atoms with E-state index in [1.807, 2.05) is 24.3 Å². The molecular weight excluding hydrogens is 282 g/mol. The fourth-order valence-corrected chi connectivity index (χ4v) is 1.82. The second-order valence-corrected chi connectivity index (χ2v) is 6.15. The predicted octanol–water partition coefficient (Wildman–Crippen LogP) is 2.43. The summed E-state index contributed by atoms with van der Waals surface area (Å²) in [5.41, 5.74) is 1.28. The van der Waals surface area contributed by atoms with Gasteiger partial charge in [0.2, 0.25) is 0 Å². The maximum atomic E-state index is 11.9. The molecule has 1 amide bonds. The first kappa shape index (κ1) is 18.0. The summed E-state index contributed by atoms with van der Waals surface area (Å²) in [6.07, 6.45) is -0.479. The average Bonchev–Trinajstić information content (AvgIpc) is 2.46. The largest absolute Gasteiger partial charge is 0.481 e. The number of hydrogen-bond donors (Lipinski definition) is 1. The number of methoxy groups -OCH3 is 1. The highest BCUT2D eigenvalue weighted by Crippen LogP contribution is 2.24. The van der Waals surface area contributed by atoms with Gasteiger partial charge in [0.15, 0.2) is 6.10 Å². The second kappa shape index (κ2) is 7.82. The van der Waals surface area contributed by atoms with Crippen molar-refractivity contribution in [1.82, 2.24) is 5.32 Å². The quantitative estimate of drug-likeness (QED) is 0.820. The molecule has 1 rings (SSSR count). The van der Waals surface area contributed by atoms with E-state index in [0.29, 0.717) is 5.75 Å². The van der Waals surface area contributed by atoms with Crippen LogP contribution in [0.15, 0.2) is 24.3 Å². The molecule has 5 nitrogen and oxygen atoms in total. The van der Waals surface area contributed by atoms with Gasteiger partial charge in [-0.25, -0.2) is 0 Å². The normalized spacial score (nSPS) is 12.4. The lowest BCUT2D eigenvalue weighted by molar-refractivity contribution is -0.140. The predicted molar refractivity (Wildman–Crippen MR) is 84.9 cm³/mol. The van der Waals surface area contributed by atoms with Crippen LogP contribution in [-0.2, 0) is 19.7 Å². The molecule has 0 bridgehead atoms. The van der Waals surface area contributed by atoms with E-state index in [0.717, 1.165) is 0 Å². The van der Waals surface area contributed by atoms with Crippen LogP contribution in [0, 0.1) is 0 Å². The number of esters is 1. The van der Waals surface area contributed by atoms with Crippen molar-refractivity contribution in [2.24, 2.45) is 0 Å². The third-order valence-corrected chi connectivity index (χ3v) is 3.26. The molecule has 5 heteroatoms. The van der Waals surface area contributed by atoms with Gasteiger partial charge in [0.1, 0.15) is 5.75 Å². The van der Waals surface area contributed by atoms with Crippen LogP contribution < -0.4 is 10.1 Å². The molecule has 1 unspecified atom stereocenters. The van der Waals surface area contributed by atoms with E-state index in [2.05, 4.69) is 30.8 Å². The summed E-state index contributed by atoms with van der Waals surface area (Å²) in [5.74, 6) is 0.0269. The summed E-state index contributed by atoms with van der Waals surface area (Å²) in [4.78, 5) is 22.8. The Labute approximate surface area is 132 Å². The average molecular weight is 307 g/mol. The maximum absolute atomic E-state index is 11.9. The number of ether oxygens (including phenoxy) is 2. The van der Waals surface area contributed by atoms with Crippen LogP contribution >= 0.6 is 0 Å². The first-order valence-electron chi connectivity index (χ1n) is 7.35. The standard InChI is InChI=1S/C17H25NO4/c1-12(16(20)18-11-10-15(19)21-5)22-14-8-6-13(7-9-14)17(2,3)4/h6-9,12H,10-11H2,1-5H3,(H,18,20). The van der Waals surface area contributed by atoms with Crippen molar-refractivity contribution in [2.45, 2.75) is 45.6 Å². The molecule has 0 spiro atoms. The SMILES string of the molecule is COC(=O)CCNC(=O)C(C)Oc1ccc(C(C)(C)C)cc1. The molecule has 122 valence electrons. The maximum Gasteiger partial charge on any atom is 0.307 e. The van der Waals surface area contributed by atoms with E-state index in [-0.39, 0.29) is 30.3 Å². The number of carbonyl (C=O) groups is 2. The van der Waals surface area contributed by atoms with Crippen molar-refractivity contribution in [3.63, 3.8) is 0 Å². The number of amides is 1. The molecule has 0 radical (unpaired) electrons. The van der Waals surface area contributed by atoms with E-state index < -0.39 is 6.10 Å². The lowest BCUT2D eigenvalue weighted by Crippen LogP contribution is -2.37. The molecule has 0 aliphatic carbocycles. The molecule has 0 fully saturated rings. The monoisotopic (exact) mass is 307 g/mol. The van der Waals surface area contributed by atoms with Gasteiger partial charge in [-0.1, -0.05) is 32.9 Å². The first-order valence-corrected chi connectivity index (χ1v) is 7.35. The highest BCUT2D eigenvalue weighted by Gasteiger charge is 2.16. The molecule has 22 heavy (non-hydrogen) atoms. The van der Waals surface area contributed by atoms with Gasteiger partial charge in [0, 0.05) is 6.54 Å². The molecule has 0 aliphatic heterocycles. The highest BCUT2D eigenvalue weighted by molar-refractivity contribution is 5.81. The molecule has 0 saturated carbocycles. The number of carbonyl (C=O) groups excluding carboxylic acids is 2. The van der Waals surface area contributed by atoms with Gasteiger partial charge in [0.05, 0.1) is 13.5 Å². The molecule has 1 atom stereocenters. The van der Waals surface area contributed by atoms with Crippen LogP contribution in [0.2, 0.25) is 0 Å². The molecule has 1 N–H and O–H groups in total. The molecule has 0 saturated heterocycles.